The highest BCUT2D eigenvalue weighted by molar-refractivity contribution is 8.01. The van der Waals surface area contributed by atoms with Crippen molar-refractivity contribution in [3.8, 4) is 0 Å². The zero-order valence-electron chi connectivity index (χ0n) is 11.9. The Balaban J connectivity index is 2.28. The number of aromatic nitrogens is 2. The molecule has 21 heavy (non-hydrogen) atoms. The van der Waals surface area contributed by atoms with Crippen LogP contribution in [0.25, 0.3) is 0 Å². The highest BCUT2D eigenvalue weighted by atomic mass is 32.2. The lowest BCUT2D eigenvalue weighted by atomic mass is 10.4. The maximum absolute atomic E-state index is 12.2. The van der Waals surface area contributed by atoms with Gasteiger partial charge in [0.1, 0.15) is 11.2 Å². The molecule has 1 aliphatic rings. The molecule has 116 valence electrons. The molecule has 1 fully saturated rings. The number of carbonyl (C=O) groups is 1. The molecule has 2 heterocycles. The molecule has 0 aliphatic carbocycles. The van der Waals surface area contributed by atoms with Gasteiger partial charge in [-0.15, -0.1) is 0 Å². The van der Waals surface area contributed by atoms with Crippen LogP contribution in [0.1, 0.15) is 17.4 Å². The van der Waals surface area contributed by atoms with Gasteiger partial charge in [-0.1, -0.05) is 6.92 Å². The van der Waals surface area contributed by atoms with Crippen molar-refractivity contribution >= 4 is 33.4 Å². The van der Waals surface area contributed by atoms with Crippen LogP contribution in [0.2, 0.25) is 0 Å². The molecule has 1 aromatic rings. The second kappa shape index (κ2) is 6.61. The molecule has 1 saturated heterocycles. The molecule has 1 aromatic heterocycles. The van der Waals surface area contributed by atoms with Gasteiger partial charge in [0.25, 0.3) is 0 Å². The number of rotatable bonds is 4. The average molecular weight is 331 g/mol. The van der Waals surface area contributed by atoms with Crippen molar-refractivity contribution in [2.75, 3.05) is 35.8 Å². The standard InChI is InChI=1S/C12H17N3O4S2/c1-3-21(17,18)11-8-20-5-4-15(11)10-7-13-9(6-14-10)12(16)19-2/h6-7,11H,3-5,8H2,1-2H3. The lowest BCUT2D eigenvalue weighted by Gasteiger charge is -2.35. The van der Waals surface area contributed by atoms with E-state index in [-0.39, 0.29) is 11.4 Å². The van der Waals surface area contributed by atoms with Gasteiger partial charge >= 0.3 is 5.97 Å². The molecule has 0 bridgehead atoms. The van der Waals surface area contributed by atoms with Crippen molar-refractivity contribution in [1.29, 1.82) is 0 Å². The van der Waals surface area contributed by atoms with E-state index in [1.54, 1.807) is 23.6 Å². The maximum Gasteiger partial charge on any atom is 0.358 e. The second-order valence-electron chi connectivity index (χ2n) is 4.43. The minimum absolute atomic E-state index is 0.0857. The molecule has 9 heteroatoms. The predicted molar refractivity (Wildman–Crippen MR) is 81.3 cm³/mol. The molecule has 1 aliphatic heterocycles. The Hall–Kier alpha value is -1.35. The highest BCUT2D eigenvalue weighted by Gasteiger charge is 2.33. The van der Waals surface area contributed by atoms with Crippen LogP contribution >= 0.6 is 11.8 Å². The van der Waals surface area contributed by atoms with Gasteiger partial charge in [-0.3, -0.25) is 0 Å². The van der Waals surface area contributed by atoms with Crippen LogP contribution < -0.4 is 4.90 Å². The van der Waals surface area contributed by atoms with E-state index in [1.807, 2.05) is 0 Å². The minimum Gasteiger partial charge on any atom is -0.464 e. The first-order valence-electron chi connectivity index (χ1n) is 6.46. The Morgan fingerprint density at radius 3 is 2.81 bits per heavy atom. The summed E-state index contributed by atoms with van der Waals surface area (Å²) in [5, 5.41) is -0.598. The molecule has 0 amide bonds. The lowest BCUT2D eigenvalue weighted by Crippen LogP contribution is -2.48. The van der Waals surface area contributed by atoms with Crippen LogP contribution in [-0.2, 0) is 14.6 Å². The zero-order valence-corrected chi connectivity index (χ0v) is 13.5. The van der Waals surface area contributed by atoms with Crippen molar-refractivity contribution in [2.45, 2.75) is 12.3 Å². The summed E-state index contributed by atoms with van der Waals surface area (Å²) < 4.78 is 28.9. The van der Waals surface area contributed by atoms with Crippen LogP contribution in [-0.4, -0.2) is 60.6 Å². The molecule has 7 nitrogen and oxygen atoms in total. The number of methoxy groups -OCH3 is 1. The fraction of sp³-hybridized carbons (Fsp3) is 0.583. The third-order valence-electron chi connectivity index (χ3n) is 3.23. The van der Waals surface area contributed by atoms with E-state index in [9.17, 15) is 13.2 Å². The number of thioether (sulfide) groups is 1. The summed E-state index contributed by atoms with van der Waals surface area (Å²) in [6.07, 6.45) is 2.72. The number of sulfone groups is 1. The van der Waals surface area contributed by atoms with E-state index in [4.69, 9.17) is 0 Å². The quantitative estimate of drug-likeness (QED) is 0.740. The molecule has 2 rings (SSSR count). The number of ether oxygens (including phenoxy) is 1. The predicted octanol–water partition coefficient (Wildman–Crippen LogP) is 0.577. The molecule has 1 unspecified atom stereocenters. The summed E-state index contributed by atoms with van der Waals surface area (Å²) in [4.78, 5) is 21.2. The van der Waals surface area contributed by atoms with Crippen molar-refractivity contribution in [3.63, 3.8) is 0 Å². The fourth-order valence-corrected chi connectivity index (χ4v) is 4.99. The summed E-state index contributed by atoms with van der Waals surface area (Å²) in [6.45, 7) is 2.22. The third kappa shape index (κ3) is 3.46. The van der Waals surface area contributed by atoms with Gasteiger partial charge < -0.3 is 9.64 Å². The van der Waals surface area contributed by atoms with Crippen molar-refractivity contribution in [1.82, 2.24) is 9.97 Å². The number of esters is 1. The third-order valence-corrected chi connectivity index (χ3v) is 6.52. The number of hydrogen-bond acceptors (Lipinski definition) is 8. The first-order valence-corrected chi connectivity index (χ1v) is 9.33. The Morgan fingerprint density at radius 2 is 2.24 bits per heavy atom. The van der Waals surface area contributed by atoms with E-state index in [1.165, 1.54) is 19.5 Å². The number of hydrogen-bond donors (Lipinski definition) is 0. The average Bonchev–Trinajstić information content (AvgIpc) is 2.54. The van der Waals surface area contributed by atoms with Gasteiger partial charge in [-0.25, -0.2) is 23.2 Å². The van der Waals surface area contributed by atoms with Crippen molar-refractivity contribution in [2.24, 2.45) is 0 Å². The first-order chi connectivity index (χ1) is 9.99. The molecule has 0 saturated carbocycles. The molecule has 0 spiro atoms. The fourth-order valence-electron chi connectivity index (χ4n) is 2.01. The number of nitrogens with zero attached hydrogens (tertiary/aromatic N) is 3. The van der Waals surface area contributed by atoms with Gasteiger partial charge in [0.05, 0.1) is 19.5 Å². The zero-order chi connectivity index (χ0) is 15.5. The van der Waals surface area contributed by atoms with Gasteiger partial charge in [-0.2, -0.15) is 11.8 Å². The Morgan fingerprint density at radius 1 is 1.48 bits per heavy atom. The van der Waals surface area contributed by atoms with E-state index >= 15 is 0 Å². The lowest BCUT2D eigenvalue weighted by molar-refractivity contribution is 0.0593. The van der Waals surface area contributed by atoms with Crippen LogP contribution in [0, 0.1) is 0 Å². The van der Waals surface area contributed by atoms with Gasteiger partial charge in [0, 0.05) is 23.8 Å². The van der Waals surface area contributed by atoms with Crippen LogP contribution in [0.4, 0.5) is 5.82 Å². The topological polar surface area (TPSA) is 89.5 Å². The maximum atomic E-state index is 12.2. The molecule has 0 aromatic carbocycles. The van der Waals surface area contributed by atoms with E-state index in [2.05, 4.69) is 14.7 Å². The van der Waals surface area contributed by atoms with Crippen LogP contribution in [0.3, 0.4) is 0 Å². The molecule has 1 atom stereocenters. The summed E-state index contributed by atoms with van der Waals surface area (Å²) in [7, 11) is -1.94. The Kier molecular flexibility index (Phi) is 5.04. The summed E-state index contributed by atoms with van der Waals surface area (Å²) in [6, 6.07) is 0. The summed E-state index contributed by atoms with van der Waals surface area (Å²) in [5.41, 5.74) is 0.0996. The van der Waals surface area contributed by atoms with E-state index in [0.717, 1.165) is 5.75 Å². The largest absolute Gasteiger partial charge is 0.464 e. The molecular weight excluding hydrogens is 314 g/mol. The highest BCUT2D eigenvalue weighted by Crippen LogP contribution is 2.25. The smallest absolute Gasteiger partial charge is 0.358 e. The Labute approximate surface area is 128 Å². The SMILES string of the molecule is CCS(=O)(=O)C1CSCCN1c1cnc(C(=O)OC)cn1. The van der Waals surface area contributed by atoms with E-state index in [0.29, 0.717) is 18.1 Å². The van der Waals surface area contributed by atoms with Crippen LogP contribution in [0.5, 0.6) is 0 Å². The van der Waals surface area contributed by atoms with E-state index < -0.39 is 21.2 Å². The van der Waals surface area contributed by atoms with Crippen molar-refractivity contribution < 1.29 is 17.9 Å². The first kappa shape index (κ1) is 16.0. The Bertz CT molecular complexity index is 603. The van der Waals surface area contributed by atoms with Gasteiger partial charge in [-0.05, 0) is 0 Å². The van der Waals surface area contributed by atoms with Gasteiger partial charge in [0.15, 0.2) is 15.5 Å². The summed E-state index contributed by atoms with van der Waals surface area (Å²) >= 11 is 1.61. The summed E-state index contributed by atoms with van der Waals surface area (Å²) in [5.74, 6) is 1.32. The van der Waals surface area contributed by atoms with Crippen molar-refractivity contribution in [3.05, 3.63) is 18.1 Å². The monoisotopic (exact) mass is 331 g/mol. The normalized spacial score (nSPS) is 19.3. The number of carbonyl (C=O) groups excluding carboxylic acids is 1. The molecule has 0 N–H and O–H groups in total. The molecular formula is C12H17N3O4S2. The second-order valence-corrected chi connectivity index (χ2v) is 8.02. The molecule has 0 radical (unpaired) electrons. The van der Waals surface area contributed by atoms with Crippen LogP contribution in [0.15, 0.2) is 12.4 Å². The minimum atomic E-state index is -3.20. The van der Waals surface area contributed by atoms with Gasteiger partial charge in [0.2, 0.25) is 0 Å². The number of anilines is 1.